The molecule has 2 aliphatic heterocycles. The van der Waals surface area contributed by atoms with Crippen molar-refractivity contribution in [2.75, 3.05) is 26.2 Å². The van der Waals surface area contributed by atoms with Gasteiger partial charge in [-0.25, -0.2) is 0 Å². The molecule has 0 aromatic heterocycles. The van der Waals surface area contributed by atoms with Crippen LogP contribution in [-0.4, -0.2) is 37.1 Å². The Bertz CT molecular complexity index is 492. The highest BCUT2D eigenvalue weighted by molar-refractivity contribution is 5.78. The highest BCUT2D eigenvalue weighted by Crippen LogP contribution is 2.25. The second-order valence-corrected chi connectivity index (χ2v) is 5.58. The van der Waals surface area contributed by atoms with Gasteiger partial charge in [0.2, 0.25) is 0 Å². The van der Waals surface area contributed by atoms with Crippen molar-refractivity contribution < 1.29 is 4.74 Å². The second-order valence-electron chi connectivity index (χ2n) is 5.58. The van der Waals surface area contributed by atoms with Gasteiger partial charge in [0, 0.05) is 26.1 Å². The molecule has 0 spiro atoms. The zero-order valence-electron chi connectivity index (χ0n) is 12.0. The zero-order chi connectivity index (χ0) is 13.8. The van der Waals surface area contributed by atoms with E-state index in [0.717, 1.165) is 44.8 Å². The summed E-state index contributed by atoms with van der Waals surface area (Å²) >= 11 is 0. The van der Waals surface area contributed by atoms with Gasteiger partial charge in [0.1, 0.15) is 5.75 Å². The first kappa shape index (κ1) is 13.3. The van der Waals surface area contributed by atoms with Crippen LogP contribution in [0, 0.1) is 0 Å². The highest BCUT2D eigenvalue weighted by atomic mass is 16.5. The van der Waals surface area contributed by atoms with Gasteiger partial charge in [0.25, 0.3) is 0 Å². The summed E-state index contributed by atoms with van der Waals surface area (Å²) in [5.74, 6) is 1.76. The molecule has 1 saturated heterocycles. The minimum Gasteiger partial charge on any atom is -0.493 e. The van der Waals surface area contributed by atoms with Crippen molar-refractivity contribution in [1.29, 1.82) is 0 Å². The number of fused-ring (bicyclic) bond motifs is 1. The van der Waals surface area contributed by atoms with E-state index in [1.165, 1.54) is 30.4 Å². The first-order valence-electron chi connectivity index (χ1n) is 7.62. The van der Waals surface area contributed by atoms with Crippen LogP contribution in [0.15, 0.2) is 23.2 Å². The van der Waals surface area contributed by atoms with E-state index >= 15 is 0 Å². The zero-order valence-corrected chi connectivity index (χ0v) is 12.0. The Balaban J connectivity index is 1.54. The molecule has 2 N–H and O–H groups in total. The number of hydrogen-bond donors (Lipinski definition) is 1. The Kier molecular flexibility index (Phi) is 4.09. The van der Waals surface area contributed by atoms with Gasteiger partial charge >= 0.3 is 0 Å². The maximum atomic E-state index is 6.06. The molecule has 1 fully saturated rings. The number of guanidine groups is 1. The Morgan fingerprint density at radius 2 is 2.10 bits per heavy atom. The fourth-order valence-corrected chi connectivity index (χ4v) is 2.92. The number of benzene rings is 1. The number of nitrogens with two attached hydrogens (primary N) is 1. The van der Waals surface area contributed by atoms with Crippen LogP contribution in [0.2, 0.25) is 0 Å². The fraction of sp³-hybridized carbons (Fsp3) is 0.562. The molecule has 0 radical (unpaired) electrons. The fourth-order valence-electron chi connectivity index (χ4n) is 2.92. The molecule has 108 valence electrons. The lowest BCUT2D eigenvalue weighted by Crippen LogP contribution is -2.41. The number of nitrogens with zero attached hydrogens (tertiary/aromatic N) is 2. The predicted molar refractivity (Wildman–Crippen MR) is 81.3 cm³/mol. The molecular weight excluding hydrogens is 250 g/mol. The summed E-state index contributed by atoms with van der Waals surface area (Å²) in [5, 5.41) is 0. The van der Waals surface area contributed by atoms with Gasteiger partial charge in [-0.3, -0.25) is 4.99 Å². The number of likely N-dealkylation sites (tertiary alicyclic amines) is 1. The van der Waals surface area contributed by atoms with Crippen LogP contribution < -0.4 is 10.5 Å². The van der Waals surface area contributed by atoms with Crippen LogP contribution in [0.1, 0.15) is 30.4 Å². The minimum absolute atomic E-state index is 0.717. The van der Waals surface area contributed by atoms with Gasteiger partial charge in [-0.1, -0.05) is 12.1 Å². The van der Waals surface area contributed by atoms with E-state index in [2.05, 4.69) is 28.1 Å². The highest BCUT2D eigenvalue weighted by Gasteiger charge is 2.13. The molecule has 1 aromatic carbocycles. The molecule has 4 nitrogen and oxygen atoms in total. The quantitative estimate of drug-likeness (QED) is 0.676. The molecule has 20 heavy (non-hydrogen) atoms. The number of aliphatic imine (C=N–C) groups is 1. The molecule has 0 atom stereocenters. The van der Waals surface area contributed by atoms with Crippen molar-refractivity contribution in [1.82, 2.24) is 4.90 Å². The molecule has 0 unspecified atom stereocenters. The largest absolute Gasteiger partial charge is 0.493 e. The summed E-state index contributed by atoms with van der Waals surface area (Å²) in [6, 6.07) is 6.46. The molecule has 0 amide bonds. The topological polar surface area (TPSA) is 50.9 Å². The molecule has 0 bridgehead atoms. The van der Waals surface area contributed by atoms with Gasteiger partial charge in [-0.2, -0.15) is 0 Å². The maximum absolute atomic E-state index is 6.06. The summed E-state index contributed by atoms with van der Waals surface area (Å²) in [7, 11) is 0. The average Bonchev–Trinajstić information content (AvgIpc) is 2.95. The van der Waals surface area contributed by atoms with Crippen molar-refractivity contribution in [2.45, 2.75) is 32.1 Å². The molecule has 0 saturated carbocycles. The molecule has 0 aliphatic carbocycles. The van der Waals surface area contributed by atoms with E-state index in [9.17, 15) is 0 Å². The Morgan fingerprint density at radius 1 is 1.25 bits per heavy atom. The predicted octanol–water partition coefficient (Wildman–Crippen LogP) is 1.96. The molecule has 3 rings (SSSR count). The average molecular weight is 273 g/mol. The summed E-state index contributed by atoms with van der Waals surface area (Å²) < 4.78 is 5.52. The number of hydrogen-bond acceptors (Lipinski definition) is 2. The van der Waals surface area contributed by atoms with Gasteiger partial charge in [-0.15, -0.1) is 0 Å². The van der Waals surface area contributed by atoms with E-state index in [1.807, 2.05) is 0 Å². The molecule has 4 heteroatoms. The maximum Gasteiger partial charge on any atom is 0.191 e. The standard InChI is InChI=1S/C16H23N3O/c17-16(19-9-2-1-3-10-19)18-8-6-13-4-5-15-14(12-13)7-11-20-15/h4-5,12H,1-3,6-11H2,(H2,17,18). The van der Waals surface area contributed by atoms with Crippen molar-refractivity contribution >= 4 is 5.96 Å². The van der Waals surface area contributed by atoms with Gasteiger partial charge in [0.15, 0.2) is 5.96 Å². The monoisotopic (exact) mass is 273 g/mol. The van der Waals surface area contributed by atoms with Crippen LogP contribution >= 0.6 is 0 Å². The lowest BCUT2D eigenvalue weighted by Gasteiger charge is -2.27. The lowest BCUT2D eigenvalue weighted by molar-refractivity contribution is 0.338. The van der Waals surface area contributed by atoms with Crippen LogP contribution in [0.5, 0.6) is 5.75 Å². The third kappa shape index (κ3) is 3.06. The molecular formula is C16H23N3O. The smallest absolute Gasteiger partial charge is 0.191 e. The third-order valence-corrected chi connectivity index (χ3v) is 4.11. The van der Waals surface area contributed by atoms with Crippen molar-refractivity contribution in [3.63, 3.8) is 0 Å². The first-order chi connectivity index (χ1) is 9.83. The minimum atomic E-state index is 0.717. The van der Waals surface area contributed by atoms with E-state index in [1.54, 1.807) is 0 Å². The van der Waals surface area contributed by atoms with Crippen molar-refractivity contribution in [3.8, 4) is 5.75 Å². The van der Waals surface area contributed by atoms with Gasteiger partial charge in [-0.05, 0) is 42.9 Å². The normalized spacial score (nSPS) is 18.8. The van der Waals surface area contributed by atoms with E-state index in [-0.39, 0.29) is 0 Å². The van der Waals surface area contributed by atoms with E-state index in [0.29, 0.717) is 5.96 Å². The van der Waals surface area contributed by atoms with Crippen molar-refractivity contribution in [3.05, 3.63) is 29.3 Å². The number of ether oxygens (including phenoxy) is 1. The molecule has 2 heterocycles. The Hall–Kier alpha value is -1.71. The third-order valence-electron chi connectivity index (χ3n) is 4.11. The van der Waals surface area contributed by atoms with Crippen LogP contribution in [0.4, 0.5) is 0 Å². The molecule has 1 aromatic rings. The van der Waals surface area contributed by atoms with Crippen LogP contribution in [0.3, 0.4) is 0 Å². The van der Waals surface area contributed by atoms with Gasteiger partial charge < -0.3 is 15.4 Å². The Labute approximate surface area is 120 Å². The van der Waals surface area contributed by atoms with E-state index in [4.69, 9.17) is 10.5 Å². The van der Waals surface area contributed by atoms with Crippen molar-refractivity contribution in [2.24, 2.45) is 10.7 Å². The Morgan fingerprint density at radius 3 is 2.95 bits per heavy atom. The summed E-state index contributed by atoms with van der Waals surface area (Å²) in [6.45, 7) is 3.71. The molecule has 2 aliphatic rings. The number of rotatable bonds is 3. The summed E-state index contributed by atoms with van der Waals surface area (Å²) in [5.41, 5.74) is 8.71. The van der Waals surface area contributed by atoms with Crippen LogP contribution in [-0.2, 0) is 12.8 Å². The second kappa shape index (κ2) is 6.16. The summed E-state index contributed by atoms with van der Waals surface area (Å²) in [6.07, 6.45) is 5.77. The first-order valence-corrected chi connectivity index (χ1v) is 7.62. The number of piperidine rings is 1. The SMILES string of the molecule is NC(=NCCc1ccc2c(c1)CCO2)N1CCCCC1. The van der Waals surface area contributed by atoms with Crippen LogP contribution in [0.25, 0.3) is 0 Å². The lowest BCUT2D eigenvalue weighted by atomic mass is 10.1. The summed E-state index contributed by atoms with van der Waals surface area (Å²) in [4.78, 5) is 6.73. The van der Waals surface area contributed by atoms with Gasteiger partial charge in [0.05, 0.1) is 6.61 Å². The van der Waals surface area contributed by atoms with E-state index < -0.39 is 0 Å².